The highest BCUT2D eigenvalue weighted by atomic mass is 19.4. The van der Waals surface area contributed by atoms with E-state index in [1.54, 1.807) is 12.1 Å². The molecule has 2 amide bonds. The van der Waals surface area contributed by atoms with E-state index in [0.717, 1.165) is 41.3 Å². The van der Waals surface area contributed by atoms with Gasteiger partial charge >= 0.3 is 6.18 Å². The number of aryl methyl sites for hydroxylation is 1. The van der Waals surface area contributed by atoms with Crippen LogP contribution in [0, 0.1) is 5.92 Å². The molecule has 28 heavy (non-hydrogen) atoms. The average molecular weight is 389 g/mol. The van der Waals surface area contributed by atoms with Crippen molar-refractivity contribution < 1.29 is 22.8 Å². The Hall–Kier alpha value is -3.16. The van der Waals surface area contributed by atoms with Crippen molar-refractivity contribution in [3.63, 3.8) is 0 Å². The van der Waals surface area contributed by atoms with Crippen molar-refractivity contribution in [2.24, 2.45) is 11.0 Å². The number of alkyl halides is 3. The van der Waals surface area contributed by atoms with Gasteiger partial charge in [0, 0.05) is 5.69 Å². The van der Waals surface area contributed by atoms with E-state index in [2.05, 4.69) is 10.4 Å². The quantitative estimate of drug-likeness (QED) is 0.795. The summed E-state index contributed by atoms with van der Waals surface area (Å²) in [7, 11) is 0. The second-order valence-corrected chi connectivity index (χ2v) is 6.41. The first kappa shape index (κ1) is 19.6. The molecule has 1 N–H and O–H groups in total. The summed E-state index contributed by atoms with van der Waals surface area (Å²) in [5, 5.41) is 7.73. The summed E-state index contributed by atoms with van der Waals surface area (Å²) in [4.78, 5) is 25.3. The fourth-order valence-electron chi connectivity index (χ4n) is 2.93. The molecule has 0 radical (unpaired) electrons. The number of hydrogen-bond donors (Lipinski definition) is 1. The third-order valence-corrected chi connectivity index (χ3v) is 4.44. The van der Waals surface area contributed by atoms with Gasteiger partial charge in [-0.15, -0.1) is 0 Å². The third kappa shape index (κ3) is 3.90. The summed E-state index contributed by atoms with van der Waals surface area (Å²) < 4.78 is 38.1. The van der Waals surface area contributed by atoms with E-state index in [4.69, 9.17) is 0 Å². The highest BCUT2D eigenvalue weighted by Crippen LogP contribution is 2.32. The van der Waals surface area contributed by atoms with Crippen LogP contribution in [0.4, 0.5) is 24.5 Å². The fourth-order valence-corrected chi connectivity index (χ4v) is 2.93. The summed E-state index contributed by atoms with van der Waals surface area (Å²) in [6.45, 7) is 3.52. The maximum absolute atomic E-state index is 12.7. The van der Waals surface area contributed by atoms with Crippen molar-refractivity contribution in [3.8, 4) is 0 Å². The molecule has 5 nitrogen and oxygen atoms in total. The van der Waals surface area contributed by atoms with Crippen molar-refractivity contribution >= 4 is 28.9 Å². The van der Waals surface area contributed by atoms with Gasteiger partial charge in [-0.1, -0.05) is 19.1 Å². The summed E-state index contributed by atoms with van der Waals surface area (Å²) >= 11 is 0. The molecule has 1 aliphatic rings. The van der Waals surface area contributed by atoms with Crippen LogP contribution in [0.1, 0.15) is 25.0 Å². The Labute approximate surface area is 159 Å². The minimum atomic E-state index is -4.47. The first-order chi connectivity index (χ1) is 13.2. The van der Waals surface area contributed by atoms with Crippen LogP contribution in [0.3, 0.4) is 0 Å². The molecular formula is C20H18F3N3O2. The molecule has 8 heteroatoms. The van der Waals surface area contributed by atoms with Gasteiger partial charge in [0.25, 0.3) is 5.91 Å². The zero-order valence-corrected chi connectivity index (χ0v) is 15.2. The standard InChI is InChI=1S/C20H18F3N3O2/c1-3-13-5-4-6-15(11-13)24-18(27)17-12(2)25-26(19(17)28)16-9-7-14(8-10-16)20(21,22)23/h4-11,17H,3H2,1-2H3,(H,24,27). The SMILES string of the molecule is CCc1cccc(NC(=O)C2C(=O)N(c3ccc(C(F)(F)F)cc3)N=C2C)c1. The summed E-state index contributed by atoms with van der Waals surface area (Å²) in [6, 6.07) is 11.3. The number of halogens is 3. The third-order valence-electron chi connectivity index (χ3n) is 4.44. The molecule has 3 rings (SSSR count). The molecule has 1 aliphatic heterocycles. The monoisotopic (exact) mass is 389 g/mol. The Morgan fingerprint density at radius 2 is 1.86 bits per heavy atom. The van der Waals surface area contributed by atoms with E-state index in [1.807, 2.05) is 19.1 Å². The van der Waals surface area contributed by atoms with E-state index in [1.165, 1.54) is 6.92 Å². The molecule has 2 aromatic rings. The number of carbonyl (C=O) groups is 2. The number of benzene rings is 2. The second-order valence-electron chi connectivity index (χ2n) is 6.41. The molecule has 1 heterocycles. The molecule has 2 aromatic carbocycles. The lowest BCUT2D eigenvalue weighted by Gasteiger charge is -2.15. The molecule has 0 bridgehead atoms. The van der Waals surface area contributed by atoms with Crippen LogP contribution in [-0.4, -0.2) is 17.5 Å². The van der Waals surface area contributed by atoms with Crippen LogP contribution < -0.4 is 10.3 Å². The summed E-state index contributed by atoms with van der Waals surface area (Å²) in [5.74, 6) is -2.28. The average Bonchev–Trinajstić information content (AvgIpc) is 2.95. The number of hydrogen-bond acceptors (Lipinski definition) is 3. The number of rotatable bonds is 4. The Kier molecular flexibility index (Phi) is 5.22. The van der Waals surface area contributed by atoms with Gasteiger partial charge in [-0.25, -0.2) is 0 Å². The van der Waals surface area contributed by atoms with Crippen LogP contribution in [0.25, 0.3) is 0 Å². The zero-order chi connectivity index (χ0) is 20.5. The van der Waals surface area contributed by atoms with E-state index >= 15 is 0 Å². The minimum absolute atomic E-state index is 0.167. The topological polar surface area (TPSA) is 61.8 Å². The minimum Gasteiger partial charge on any atom is -0.325 e. The maximum atomic E-state index is 12.7. The number of anilines is 2. The molecule has 0 fully saturated rings. The Morgan fingerprint density at radius 3 is 2.46 bits per heavy atom. The van der Waals surface area contributed by atoms with E-state index in [-0.39, 0.29) is 11.4 Å². The van der Waals surface area contributed by atoms with E-state index in [9.17, 15) is 22.8 Å². The highest BCUT2D eigenvalue weighted by molar-refractivity contribution is 6.28. The van der Waals surface area contributed by atoms with Gasteiger partial charge in [0.1, 0.15) is 0 Å². The summed E-state index contributed by atoms with van der Waals surface area (Å²) in [6.07, 6.45) is -3.67. The fraction of sp³-hybridized carbons (Fsp3) is 0.250. The lowest BCUT2D eigenvalue weighted by molar-refractivity contribution is -0.137. The first-order valence-corrected chi connectivity index (χ1v) is 8.67. The molecule has 1 unspecified atom stereocenters. The van der Waals surface area contributed by atoms with Gasteiger partial charge in [-0.3, -0.25) is 9.59 Å². The number of nitrogens with one attached hydrogen (secondary N) is 1. The van der Waals surface area contributed by atoms with Crippen LogP contribution in [0.15, 0.2) is 53.6 Å². The van der Waals surface area contributed by atoms with Gasteiger partial charge in [0.2, 0.25) is 5.91 Å². The van der Waals surface area contributed by atoms with Crippen LogP contribution in [0.2, 0.25) is 0 Å². The number of amides is 2. The van der Waals surface area contributed by atoms with Gasteiger partial charge in [0.05, 0.1) is 17.0 Å². The van der Waals surface area contributed by atoms with E-state index < -0.39 is 29.5 Å². The van der Waals surface area contributed by atoms with Gasteiger partial charge < -0.3 is 5.32 Å². The molecule has 0 saturated carbocycles. The number of nitrogens with zero attached hydrogens (tertiary/aromatic N) is 2. The van der Waals surface area contributed by atoms with Crippen LogP contribution in [-0.2, 0) is 22.2 Å². The molecule has 0 aliphatic carbocycles. The number of hydrazone groups is 1. The molecule has 1 atom stereocenters. The van der Waals surface area contributed by atoms with Crippen molar-refractivity contribution in [2.75, 3.05) is 10.3 Å². The van der Waals surface area contributed by atoms with Gasteiger partial charge in [-0.2, -0.15) is 23.3 Å². The van der Waals surface area contributed by atoms with Gasteiger partial charge in [-0.05, 0) is 55.3 Å². The van der Waals surface area contributed by atoms with Crippen molar-refractivity contribution in [3.05, 3.63) is 59.7 Å². The normalized spacial score (nSPS) is 16.9. The van der Waals surface area contributed by atoms with Crippen molar-refractivity contribution in [1.82, 2.24) is 0 Å². The Bertz CT molecular complexity index is 936. The second kappa shape index (κ2) is 7.46. The molecule has 146 valence electrons. The van der Waals surface area contributed by atoms with Crippen LogP contribution >= 0.6 is 0 Å². The maximum Gasteiger partial charge on any atom is 0.416 e. The van der Waals surface area contributed by atoms with Crippen molar-refractivity contribution in [1.29, 1.82) is 0 Å². The lowest BCUT2D eigenvalue weighted by atomic mass is 10.0. The molecule has 0 aromatic heterocycles. The zero-order valence-electron chi connectivity index (χ0n) is 15.2. The first-order valence-electron chi connectivity index (χ1n) is 8.67. The van der Waals surface area contributed by atoms with Crippen LogP contribution in [0.5, 0.6) is 0 Å². The van der Waals surface area contributed by atoms with Crippen molar-refractivity contribution in [2.45, 2.75) is 26.4 Å². The van der Waals surface area contributed by atoms with E-state index in [0.29, 0.717) is 5.69 Å². The lowest BCUT2D eigenvalue weighted by Crippen LogP contribution is -2.36. The summed E-state index contributed by atoms with van der Waals surface area (Å²) in [5.41, 5.74) is 1.22. The predicted octanol–water partition coefficient (Wildman–Crippen LogP) is 4.25. The molecule has 0 saturated heterocycles. The van der Waals surface area contributed by atoms with Gasteiger partial charge in [0.15, 0.2) is 5.92 Å². The number of carbonyl (C=O) groups excluding carboxylic acids is 2. The molecule has 0 spiro atoms. The molecular weight excluding hydrogens is 371 g/mol. The predicted molar refractivity (Wildman–Crippen MR) is 100.0 cm³/mol. The largest absolute Gasteiger partial charge is 0.416 e. The highest BCUT2D eigenvalue weighted by Gasteiger charge is 2.40. The Morgan fingerprint density at radius 1 is 1.18 bits per heavy atom. The smallest absolute Gasteiger partial charge is 0.325 e. The Balaban J connectivity index is 1.77.